The highest BCUT2D eigenvalue weighted by atomic mass is 16.6. The van der Waals surface area contributed by atoms with Crippen LogP contribution in [0.5, 0.6) is 5.75 Å². The molecule has 1 aliphatic heterocycles. The van der Waals surface area contributed by atoms with Crippen LogP contribution in [0.25, 0.3) is 0 Å². The number of carboxylic acid groups (broad SMARTS) is 1. The van der Waals surface area contributed by atoms with Crippen LogP contribution in [0.3, 0.4) is 0 Å². The van der Waals surface area contributed by atoms with E-state index in [1.807, 2.05) is 18.2 Å². The SMILES string of the molecule is COc1ccc(C2Nc3c(C(=O)O)cccc3C3C4CCC(C4)C23)cc1[N+](=O)[O-]. The molecule has 150 valence electrons. The van der Waals surface area contributed by atoms with Crippen LogP contribution < -0.4 is 10.1 Å². The Kier molecular flexibility index (Phi) is 4.01. The van der Waals surface area contributed by atoms with E-state index in [0.717, 1.165) is 30.4 Å². The lowest BCUT2D eigenvalue weighted by Crippen LogP contribution is -2.36. The number of rotatable bonds is 4. The molecule has 2 N–H and O–H groups in total. The number of nitro groups is 1. The molecular weight excluding hydrogens is 372 g/mol. The lowest BCUT2D eigenvalue weighted by Gasteiger charge is -2.44. The highest BCUT2D eigenvalue weighted by Crippen LogP contribution is 2.64. The molecule has 2 saturated carbocycles. The van der Waals surface area contributed by atoms with Crippen LogP contribution in [-0.2, 0) is 0 Å². The molecule has 2 aliphatic carbocycles. The predicted molar refractivity (Wildman–Crippen MR) is 106 cm³/mol. The van der Waals surface area contributed by atoms with Gasteiger partial charge >= 0.3 is 11.7 Å². The highest BCUT2D eigenvalue weighted by molar-refractivity contribution is 5.95. The maximum absolute atomic E-state index is 11.8. The van der Waals surface area contributed by atoms with Gasteiger partial charge in [-0.2, -0.15) is 0 Å². The zero-order chi connectivity index (χ0) is 20.3. The van der Waals surface area contributed by atoms with E-state index in [4.69, 9.17) is 4.74 Å². The molecule has 2 fully saturated rings. The number of ether oxygens (including phenoxy) is 1. The predicted octanol–water partition coefficient (Wildman–Crippen LogP) is 4.60. The fourth-order valence-corrected chi connectivity index (χ4v) is 6.06. The molecule has 7 nitrogen and oxygen atoms in total. The van der Waals surface area contributed by atoms with Crippen LogP contribution in [0.2, 0.25) is 0 Å². The lowest BCUT2D eigenvalue weighted by molar-refractivity contribution is -0.385. The Labute approximate surface area is 167 Å². The summed E-state index contributed by atoms with van der Waals surface area (Å²) in [6.07, 6.45) is 3.47. The molecule has 1 heterocycles. The van der Waals surface area contributed by atoms with Crippen LogP contribution in [0.1, 0.15) is 52.7 Å². The first-order valence-electron chi connectivity index (χ1n) is 9.94. The van der Waals surface area contributed by atoms with Crippen molar-refractivity contribution in [3.63, 3.8) is 0 Å². The first-order valence-corrected chi connectivity index (χ1v) is 9.94. The van der Waals surface area contributed by atoms with E-state index in [-0.39, 0.29) is 29.0 Å². The summed E-state index contributed by atoms with van der Waals surface area (Å²) in [7, 11) is 1.42. The zero-order valence-electron chi connectivity index (χ0n) is 16.0. The van der Waals surface area contributed by atoms with Crippen molar-refractivity contribution in [3.8, 4) is 5.75 Å². The van der Waals surface area contributed by atoms with Gasteiger partial charge in [0.2, 0.25) is 0 Å². The third-order valence-electron chi connectivity index (χ3n) is 7.11. The summed E-state index contributed by atoms with van der Waals surface area (Å²) in [5.41, 5.74) is 2.75. The Morgan fingerprint density at radius 3 is 2.76 bits per heavy atom. The van der Waals surface area contributed by atoms with Gasteiger partial charge in [-0.25, -0.2) is 4.79 Å². The second-order valence-corrected chi connectivity index (χ2v) is 8.32. The minimum atomic E-state index is -0.963. The van der Waals surface area contributed by atoms with E-state index in [0.29, 0.717) is 23.4 Å². The monoisotopic (exact) mass is 394 g/mol. The summed E-state index contributed by atoms with van der Waals surface area (Å²) in [5.74, 6) is 0.950. The molecule has 29 heavy (non-hydrogen) atoms. The van der Waals surface area contributed by atoms with Gasteiger partial charge in [0.1, 0.15) is 0 Å². The van der Waals surface area contributed by atoms with Crippen LogP contribution in [0.4, 0.5) is 11.4 Å². The van der Waals surface area contributed by atoms with Gasteiger partial charge in [0.15, 0.2) is 5.75 Å². The molecule has 2 aromatic carbocycles. The van der Waals surface area contributed by atoms with Gasteiger partial charge < -0.3 is 15.2 Å². The Morgan fingerprint density at radius 1 is 1.24 bits per heavy atom. The number of aromatic carboxylic acids is 1. The summed E-state index contributed by atoms with van der Waals surface area (Å²) in [5, 5.41) is 24.7. The second kappa shape index (κ2) is 6.47. The zero-order valence-corrected chi connectivity index (χ0v) is 16.0. The summed E-state index contributed by atoms with van der Waals surface area (Å²) >= 11 is 0. The molecule has 3 aliphatic rings. The topological polar surface area (TPSA) is 102 Å². The number of fused-ring (bicyclic) bond motifs is 7. The van der Waals surface area contributed by atoms with Gasteiger partial charge in [0, 0.05) is 6.07 Å². The van der Waals surface area contributed by atoms with Crippen LogP contribution in [-0.4, -0.2) is 23.1 Å². The third kappa shape index (κ3) is 2.60. The summed E-state index contributed by atoms with van der Waals surface area (Å²) < 4.78 is 5.15. The lowest BCUT2D eigenvalue weighted by atomic mass is 9.67. The molecule has 5 atom stereocenters. The minimum Gasteiger partial charge on any atom is -0.490 e. The number of para-hydroxylation sites is 1. The number of nitrogens with one attached hydrogen (secondary N) is 1. The smallest absolute Gasteiger partial charge is 0.337 e. The maximum Gasteiger partial charge on any atom is 0.337 e. The maximum atomic E-state index is 11.8. The number of benzene rings is 2. The molecule has 0 saturated heterocycles. The third-order valence-corrected chi connectivity index (χ3v) is 7.11. The van der Waals surface area contributed by atoms with Crippen molar-refractivity contribution in [2.75, 3.05) is 12.4 Å². The van der Waals surface area contributed by atoms with E-state index in [9.17, 15) is 20.0 Å². The van der Waals surface area contributed by atoms with Gasteiger partial charge in [0.25, 0.3) is 0 Å². The number of carbonyl (C=O) groups is 1. The molecular formula is C22H22N2O5. The van der Waals surface area contributed by atoms with E-state index in [1.165, 1.54) is 7.11 Å². The molecule has 5 rings (SSSR count). The van der Waals surface area contributed by atoms with Crippen LogP contribution in [0.15, 0.2) is 36.4 Å². The van der Waals surface area contributed by atoms with Crippen molar-refractivity contribution in [1.82, 2.24) is 0 Å². The van der Waals surface area contributed by atoms with Gasteiger partial charge in [-0.15, -0.1) is 0 Å². The minimum absolute atomic E-state index is 0.0659. The van der Waals surface area contributed by atoms with Gasteiger partial charge in [-0.05, 0) is 66.2 Å². The molecule has 2 bridgehead atoms. The molecule has 0 amide bonds. The number of nitrogens with zero attached hydrogens (tertiary/aromatic N) is 1. The summed E-state index contributed by atoms with van der Waals surface area (Å²) in [4.78, 5) is 23.0. The van der Waals surface area contributed by atoms with Crippen molar-refractivity contribution in [1.29, 1.82) is 0 Å². The quantitative estimate of drug-likeness (QED) is 0.580. The summed E-state index contributed by atoms with van der Waals surface area (Å²) in [6, 6.07) is 10.4. The summed E-state index contributed by atoms with van der Waals surface area (Å²) in [6.45, 7) is 0. The van der Waals surface area contributed by atoms with Gasteiger partial charge in [0.05, 0.1) is 29.3 Å². The van der Waals surface area contributed by atoms with Crippen LogP contribution in [0, 0.1) is 27.9 Å². The average molecular weight is 394 g/mol. The molecule has 7 heteroatoms. The average Bonchev–Trinajstić information content (AvgIpc) is 3.34. The number of hydrogen-bond acceptors (Lipinski definition) is 5. The van der Waals surface area contributed by atoms with Crippen molar-refractivity contribution in [2.24, 2.45) is 17.8 Å². The van der Waals surface area contributed by atoms with E-state index in [2.05, 4.69) is 5.32 Å². The largest absolute Gasteiger partial charge is 0.490 e. The fraction of sp³-hybridized carbons (Fsp3) is 0.409. The number of hydrogen-bond donors (Lipinski definition) is 2. The Bertz CT molecular complexity index is 1020. The normalized spacial score (nSPS) is 28.9. The molecule has 0 aromatic heterocycles. The Hall–Kier alpha value is -3.09. The number of nitro benzene ring substituents is 1. The molecule has 0 spiro atoms. The van der Waals surface area contributed by atoms with Crippen molar-refractivity contribution < 1.29 is 19.6 Å². The van der Waals surface area contributed by atoms with Crippen molar-refractivity contribution in [3.05, 3.63) is 63.2 Å². The highest BCUT2D eigenvalue weighted by Gasteiger charge is 2.54. The Balaban J connectivity index is 1.66. The first kappa shape index (κ1) is 18.0. The van der Waals surface area contributed by atoms with E-state index < -0.39 is 10.9 Å². The van der Waals surface area contributed by atoms with Gasteiger partial charge in [-0.3, -0.25) is 10.1 Å². The Morgan fingerprint density at radius 2 is 2.03 bits per heavy atom. The van der Waals surface area contributed by atoms with E-state index >= 15 is 0 Å². The van der Waals surface area contributed by atoms with Crippen molar-refractivity contribution >= 4 is 17.3 Å². The fourth-order valence-electron chi connectivity index (χ4n) is 6.06. The molecule has 5 unspecified atom stereocenters. The number of anilines is 1. The van der Waals surface area contributed by atoms with Crippen molar-refractivity contribution in [2.45, 2.75) is 31.2 Å². The van der Waals surface area contributed by atoms with E-state index in [1.54, 1.807) is 18.2 Å². The second-order valence-electron chi connectivity index (χ2n) is 8.32. The molecule has 0 radical (unpaired) electrons. The number of methoxy groups -OCH3 is 1. The standard InChI is InChI=1S/C22H22N2O5/c1-29-17-8-7-13(10-16(17)24(27)28)20-19-12-6-5-11(9-12)18(19)14-3-2-4-15(22(25)26)21(14)23-20/h2-4,7-8,10-12,18-20,23H,5-6,9H2,1H3,(H,25,26). The first-order chi connectivity index (χ1) is 14.0. The van der Waals surface area contributed by atoms with Gasteiger partial charge in [-0.1, -0.05) is 18.2 Å². The molecule has 2 aromatic rings. The number of carboxylic acids is 1. The van der Waals surface area contributed by atoms with Crippen LogP contribution >= 0.6 is 0 Å².